The summed E-state index contributed by atoms with van der Waals surface area (Å²) in [5, 5.41) is 4.01. The SMILES string of the molecule is COC(=O)CC[C@@H]1N=Cc2cc(Cl)ccc2NC1=NCCc1ccncc1. The Morgan fingerprint density at radius 1 is 1.30 bits per heavy atom. The van der Waals surface area contributed by atoms with Crippen molar-refractivity contribution >= 4 is 35.3 Å². The highest BCUT2D eigenvalue weighted by Gasteiger charge is 2.20. The number of ether oxygens (including phenoxy) is 1. The van der Waals surface area contributed by atoms with Crippen LogP contribution in [0, 0.1) is 0 Å². The molecule has 0 radical (unpaired) electrons. The minimum absolute atomic E-state index is 0.243. The number of benzene rings is 1. The molecule has 0 saturated carbocycles. The Balaban J connectivity index is 1.78. The average Bonchev–Trinajstić information content (AvgIpc) is 2.86. The van der Waals surface area contributed by atoms with Crippen LogP contribution < -0.4 is 5.32 Å². The van der Waals surface area contributed by atoms with E-state index in [4.69, 9.17) is 21.3 Å². The van der Waals surface area contributed by atoms with Crippen LogP contribution in [0.4, 0.5) is 5.69 Å². The van der Waals surface area contributed by atoms with Crippen LogP contribution in [-0.2, 0) is 16.0 Å². The third kappa shape index (κ3) is 5.37. The monoisotopic (exact) mass is 384 g/mol. The zero-order valence-electron chi connectivity index (χ0n) is 15.1. The molecule has 0 bridgehead atoms. The first-order valence-electron chi connectivity index (χ1n) is 8.75. The highest BCUT2D eigenvalue weighted by atomic mass is 35.5. The van der Waals surface area contributed by atoms with Crippen molar-refractivity contribution in [2.24, 2.45) is 9.98 Å². The highest BCUT2D eigenvalue weighted by Crippen LogP contribution is 2.23. The number of methoxy groups -OCH3 is 1. The maximum absolute atomic E-state index is 11.6. The van der Waals surface area contributed by atoms with Crippen LogP contribution >= 0.6 is 11.6 Å². The zero-order chi connectivity index (χ0) is 19.1. The number of anilines is 1. The summed E-state index contributed by atoms with van der Waals surface area (Å²) in [5.41, 5.74) is 2.96. The smallest absolute Gasteiger partial charge is 0.305 e. The lowest BCUT2D eigenvalue weighted by molar-refractivity contribution is -0.140. The van der Waals surface area contributed by atoms with Gasteiger partial charge in [-0.3, -0.25) is 19.8 Å². The van der Waals surface area contributed by atoms with Crippen LogP contribution in [0.5, 0.6) is 0 Å². The molecule has 1 N–H and O–H groups in total. The molecule has 0 spiro atoms. The molecule has 7 heteroatoms. The Labute approximate surface area is 163 Å². The van der Waals surface area contributed by atoms with Gasteiger partial charge in [0.15, 0.2) is 0 Å². The van der Waals surface area contributed by atoms with E-state index in [-0.39, 0.29) is 18.4 Å². The predicted molar refractivity (Wildman–Crippen MR) is 108 cm³/mol. The van der Waals surface area contributed by atoms with Crippen LogP contribution in [0.25, 0.3) is 0 Å². The van der Waals surface area contributed by atoms with E-state index in [1.165, 1.54) is 12.7 Å². The topological polar surface area (TPSA) is 75.9 Å². The number of carbonyl (C=O) groups excluding carboxylic acids is 1. The van der Waals surface area contributed by atoms with Gasteiger partial charge in [-0.1, -0.05) is 11.6 Å². The first-order valence-corrected chi connectivity index (χ1v) is 9.13. The fourth-order valence-electron chi connectivity index (χ4n) is 2.78. The fourth-order valence-corrected chi connectivity index (χ4v) is 2.96. The number of hydrogen-bond acceptors (Lipinski definition) is 5. The molecular formula is C20H21ClN4O2. The Morgan fingerprint density at radius 3 is 2.89 bits per heavy atom. The lowest BCUT2D eigenvalue weighted by Crippen LogP contribution is -2.27. The van der Waals surface area contributed by atoms with E-state index < -0.39 is 0 Å². The molecule has 0 fully saturated rings. The maximum atomic E-state index is 11.6. The van der Waals surface area contributed by atoms with E-state index in [2.05, 4.69) is 15.3 Å². The number of nitrogens with zero attached hydrogens (tertiary/aromatic N) is 3. The first-order chi connectivity index (χ1) is 13.2. The largest absolute Gasteiger partial charge is 0.469 e. The molecule has 1 aliphatic rings. The third-order valence-electron chi connectivity index (χ3n) is 4.27. The van der Waals surface area contributed by atoms with Crippen molar-refractivity contribution in [3.8, 4) is 0 Å². The Bertz CT molecular complexity index is 852. The number of hydrogen-bond donors (Lipinski definition) is 1. The third-order valence-corrected chi connectivity index (χ3v) is 4.50. The molecule has 1 aromatic heterocycles. The molecule has 0 saturated heterocycles. The summed E-state index contributed by atoms with van der Waals surface area (Å²) in [6, 6.07) is 9.29. The quantitative estimate of drug-likeness (QED) is 0.773. The molecule has 27 heavy (non-hydrogen) atoms. The maximum Gasteiger partial charge on any atom is 0.305 e. The number of carbonyl (C=O) groups is 1. The van der Waals surface area contributed by atoms with Gasteiger partial charge < -0.3 is 10.1 Å². The number of benzodiazepines with no additional fused rings is 1. The molecule has 1 aliphatic heterocycles. The van der Waals surface area contributed by atoms with Gasteiger partial charge in [-0.2, -0.15) is 0 Å². The van der Waals surface area contributed by atoms with Crippen molar-refractivity contribution in [3.05, 3.63) is 58.9 Å². The lowest BCUT2D eigenvalue weighted by Gasteiger charge is -2.15. The number of amidine groups is 1. The second-order valence-corrected chi connectivity index (χ2v) is 6.57. The zero-order valence-corrected chi connectivity index (χ0v) is 15.8. The standard InChI is InChI=1S/C20H21ClN4O2/c1-27-19(26)5-4-18-20(23-11-8-14-6-9-22-10-7-14)25-17-3-2-16(21)12-15(17)13-24-18/h2-3,6-7,9-10,12-13,18H,4-5,8,11H2,1H3,(H,23,25)/t18-/m0/s1. The molecule has 0 aliphatic carbocycles. The van der Waals surface area contributed by atoms with Gasteiger partial charge in [-0.25, -0.2) is 0 Å². The normalized spacial score (nSPS) is 17.1. The first kappa shape index (κ1) is 19.0. The van der Waals surface area contributed by atoms with E-state index in [0.29, 0.717) is 18.0 Å². The van der Waals surface area contributed by atoms with E-state index in [9.17, 15) is 4.79 Å². The van der Waals surface area contributed by atoms with Crippen LogP contribution in [0.3, 0.4) is 0 Å². The summed E-state index contributed by atoms with van der Waals surface area (Å²) in [6.07, 6.45) is 6.93. The lowest BCUT2D eigenvalue weighted by atomic mass is 10.1. The van der Waals surface area contributed by atoms with Gasteiger partial charge in [-0.05, 0) is 48.7 Å². The van der Waals surface area contributed by atoms with E-state index in [0.717, 1.165) is 23.5 Å². The summed E-state index contributed by atoms with van der Waals surface area (Å²) in [5.74, 6) is 0.483. The van der Waals surface area contributed by atoms with Gasteiger partial charge >= 0.3 is 5.97 Å². The molecule has 2 heterocycles. The van der Waals surface area contributed by atoms with Crippen LogP contribution in [0.2, 0.25) is 5.02 Å². The Kier molecular flexibility index (Phi) is 6.54. The van der Waals surface area contributed by atoms with E-state index in [1.54, 1.807) is 18.6 Å². The van der Waals surface area contributed by atoms with Crippen molar-refractivity contribution in [1.82, 2.24) is 4.98 Å². The minimum atomic E-state index is -0.258. The van der Waals surface area contributed by atoms with Crippen LogP contribution in [0.1, 0.15) is 24.0 Å². The number of esters is 1. The van der Waals surface area contributed by atoms with Gasteiger partial charge in [0, 0.05) is 47.8 Å². The highest BCUT2D eigenvalue weighted by molar-refractivity contribution is 6.31. The van der Waals surface area contributed by atoms with Crippen molar-refractivity contribution < 1.29 is 9.53 Å². The summed E-state index contributed by atoms with van der Waals surface area (Å²) < 4.78 is 4.75. The van der Waals surface area contributed by atoms with Gasteiger partial charge in [0.25, 0.3) is 0 Å². The minimum Gasteiger partial charge on any atom is -0.469 e. The Hall–Kier alpha value is -2.73. The van der Waals surface area contributed by atoms with E-state index in [1.807, 2.05) is 30.3 Å². The number of nitrogens with one attached hydrogen (secondary N) is 1. The second kappa shape index (κ2) is 9.28. The molecule has 140 valence electrons. The summed E-state index contributed by atoms with van der Waals surface area (Å²) in [7, 11) is 1.39. The van der Waals surface area contributed by atoms with Crippen molar-refractivity contribution in [3.63, 3.8) is 0 Å². The van der Waals surface area contributed by atoms with Crippen LogP contribution in [0.15, 0.2) is 52.7 Å². The molecule has 0 amide bonds. The summed E-state index contributed by atoms with van der Waals surface area (Å²) in [4.78, 5) is 24.9. The Morgan fingerprint density at radius 2 is 2.11 bits per heavy atom. The number of aliphatic imine (C=N–C) groups is 2. The van der Waals surface area contributed by atoms with Crippen LogP contribution in [-0.4, -0.2) is 42.7 Å². The average molecular weight is 385 g/mol. The molecule has 1 atom stereocenters. The number of pyridine rings is 1. The van der Waals surface area contributed by atoms with Gasteiger partial charge in [0.05, 0.1) is 7.11 Å². The molecule has 1 aromatic carbocycles. The molecule has 6 nitrogen and oxygen atoms in total. The second-order valence-electron chi connectivity index (χ2n) is 6.14. The summed E-state index contributed by atoms with van der Waals surface area (Å²) in [6.45, 7) is 0.611. The molecule has 0 unspecified atom stereocenters. The van der Waals surface area contributed by atoms with Crippen molar-refractivity contribution in [2.45, 2.75) is 25.3 Å². The van der Waals surface area contributed by atoms with Crippen molar-refractivity contribution in [2.75, 3.05) is 19.0 Å². The number of halogens is 1. The number of rotatable bonds is 6. The van der Waals surface area contributed by atoms with Gasteiger partial charge in [0.2, 0.25) is 0 Å². The molecule has 3 rings (SSSR count). The number of fused-ring (bicyclic) bond motifs is 1. The molecular weight excluding hydrogens is 364 g/mol. The predicted octanol–water partition coefficient (Wildman–Crippen LogP) is 3.54. The number of aromatic nitrogens is 1. The van der Waals surface area contributed by atoms with Gasteiger partial charge in [0.1, 0.15) is 11.9 Å². The fraction of sp³-hybridized carbons (Fsp3) is 0.300. The molecule has 2 aromatic rings. The van der Waals surface area contributed by atoms with Gasteiger partial charge in [-0.15, -0.1) is 0 Å². The summed E-state index contributed by atoms with van der Waals surface area (Å²) >= 11 is 6.09. The van der Waals surface area contributed by atoms with E-state index >= 15 is 0 Å². The van der Waals surface area contributed by atoms with Crippen molar-refractivity contribution in [1.29, 1.82) is 0 Å².